The SMILES string of the molecule is O=C(O)C[C@H](O)c1cc(F)cc(F)c1O. The third-order valence-corrected chi connectivity index (χ3v) is 1.78. The third-order valence-electron chi connectivity index (χ3n) is 1.78. The Balaban J connectivity index is 3.07. The van der Waals surface area contributed by atoms with Crippen molar-refractivity contribution < 1.29 is 28.9 Å². The average molecular weight is 218 g/mol. The number of halogens is 2. The number of rotatable bonds is 3. The highest BCUT2D eigenvalue weighted by Gasteiger charge is 2.19. The maximum absolute atomic E-state index is 12.8. The lowest BCUT2D eigenvalue weighted by atomic mass is 10.1. The van der Waals surface area contributed by atoms with Gasteiger partial charge in [-0.25, -0.2) is 8.78 Å². The van der Waals surface area contributed by atoms with Gasteiger partial charge < -0.3 is 15.3 Å². The number of hydrogen-bond acceptors (Lipinski definition) is 3. The highest BCUT2D eigenvalue weighted by molar-refractivity contribution is 5.67. The van der Waals surface area contributed by atoms with Crippen LogP contribution in [0.1, 0.15) is 18.1 Å². The monoisotopic (exact) mass is 218 g/mol. The van der Waals surface area contributed by atoms with E-state index in [1.54, 1.807) is 0 Å². The molecule has 0 unspecified atom stereocenters. The molecule has 1 rings (SSSR count). The summed E-state index contributed by atoms with van der Waals surface area (Å²) in [6, 6.07) is 1.12. The van der Waals surface area contributed by atoms with E-state index < -0.39 is 41.4 Å². The number of aromatic hydroxyl groups is 1. The molecule has 6 heteroatoms. The lowest BCUT2D eigenvalue weighted by molar-refractivity contribution is -0.139. The fraction of sp³-hybridized carbons (Fsp3) is 0.222. The Morgan fingerprint density at radius 3 is 2.53 bits per heavy atom. The molecule has 0 aliphatic carbocycles. The van der Waals surface area contributed by atoms with Crippen LogP contribution in [0, 0.1) is 11.6 Å². The largest absolute Gasteiger partial charge is 0.505 e. The van der Waals surface area contributed by atoms with Gasteiger partial charge in [-0.2, -0.15) is 0 Å². The number of carboxylic acids is 1. The summed E-state index contributed by atoms with van der Waals surface area (Å²) in [5.74, 6) is -4.52. The maximum Gasteiger partial charge on any atom is 0.306 e. The van der Waals surface area contributed by atoms with Gasteiger partial charge in [-0.05, 0) is 6.07 Å². The van der Waals surface area contributed by atoms with E-state index in [0.29, 0.717) is 12.1 Å². The van der Waals surface area contributed by atoms with Gasteiger partial charge in [0.1, 0.15) is 5.82 Å². The first kappa shape index (κ1) is 11.4. The fourth-order valence-corrected chi connectivity index (χ4v) is 1.12. The van der Waals surface area contributed by atoms with Gasteiger partial charge in [-0.3, -0.25) is 4.79 Å². The average Bonchev–Trinajstić information content (AvgIpc) is 2.09. The Labute approximate surface area is 83.4 Å². The highest BCUT2D eigenvalue weighted by Crippen LogP contribution is 2.29. The van der Waals surface area contributed by atoms with Gasteiger partial charge in [-0.15, -0.1) is 0 Å². The predicted molar refractivity (Wildman–Crippen MR) is 45.2 cm³/mol. The van der Waals surface area contributed by atoms with Crippen LogP contribution in [-0.2, 0) is 4.79 Å². The summed E-state index contributed by atoms with van der Waals surface area (Å²) in [5, 5.41) is 26.7. The van der Waals surface area contributed by atoms with E-state index >= 15 is 0 Å². The van der Waals surface area contributed by atoms with Crippen LogP contribution in [0.2, 0.25) is 0 Å². The first-order valence-electron chi connectivity index (χ1n) is 3.99. The number of phenolic OH excluding ortho intramolecular Hbond substituents is 1. The molecule has 0 aliphatic rings. The van der Waals surface area contributed by atoms with Gasteiger partial charge in [0.25, 0.3) is 0 Å². The molecule has 0 aliphatic heterocycles. The van der Waals surface area contributed by atoms with Crippen LogP contribution in [0.5, 0.6) is 5.75 Å². The molecule has 3 N–H and O–H groups in total. The second-order valence-corrected chi connectivity index (χ2v) is 2.94. The van der Waals surface area contributed by atoms with Crippen LogP contribution in [0.3, 0.4) is 0 Å². The molecular weight excluding hydrogens is 210 g/mol. The normalized spacial score (nSPS) is 12.5. The molecule has 0 spiro atoms. The Morgan fingerprint density at radius 1 is 1.40 bits per heavy atom. The van der Waals surface area contributed by atoms with Crippen molar-refractivity contribution in [3.05, 3.63) is 29.3 Å². The Kier molecular flexibility index (Phi) is 3.21. The lowest BCUT2D eigenvalue weighted by Crippen LogP contribution is -2.06. The highest BCUT2D eigenvalue weighted by atomic mass is 19.1. The van der Waals surface area contributed by atoms with Crippen LogP contribution in [-0.4, -0.2) is 21.3 Å². The Hall–Kier alpha value is -1.69. The van der Waals surface area contributed by atoms with E-state index in [-0.39, 0.29) is 0 Å². The Morgan fingerprint density at radius 2 is 2.00 bits per heavy atom. The second-order valence-electron chi connectivity index (χ2n) is 2.94. The molecule has 1 aromatic rings. The summed E-state index contributed by atoms with van der Waals surface area (Å²) >= 11 is 0. The molecule has 0 saturated carbocycles. The van der Waals surface area contributed by atoms with Gasteiger partial charge in [0.2, 0.25) is 0 Å². The molecule has 15 heavy (non-hydrogen) atoms. The predicted octanol–water partition coefficient (Wildman–Crippen LogP) is 1.18. The van der Waals surface area contributed by atoms with Crippen molar-refractivity contribution >= 4 is 5.97 Å². The fourth-order valence-electron chi connectivity index (χ4n) is 1.12. The van der Waals surface area contributed by atoms with Gasteiger partial charge in [0.15, 0.2) is 11.6 Å². The molecular formula is C9H8F2O4. The first-order chi connectivity index (χ1) is 6.91. The van der Waals surface area contributed by atoms with Crippen LogP contribution in [0.25, 0.3) is 0 Å². The smallest absolute Gasteiger partial charge is 0.306 e. The van der Waals surface area contributed by atoms with E-state index in [9.17, 15) is 18.7 Å². The zero-order valence-corrected chi connectivity index (χ0v) is 7.44. The number of benzene rings is 1. The van der Waals surface area contributed by atoms with Crippen LogP contribution in [0.15, 0.2) is 12.1 Å². The zero-order valence-electron chi connectivity index (χ0n) is 7.44. The van der Waals surface area contributed by atoms with Gasteiger partial charge in [0, 0.05) is 11.6 Å². The standard InChI is InChI=1S/C9H8F2O4/c10-4-1-5(7(12)3-8(13)14)9(15)6(11)2-4/h1-2,7,12,15H,3H2,(H,13,14)/t7-/m0/s1. The lowest BCUT2D eigenvalue weighted by Gasteiger charge is -2.10. The number of phenols is 1. The Bertz CT molecular complexity index is 392. The summed E-state index contributed by atoms with van der Waals surface area (Å²) in [6.07, 6.45) is -2.39. The molecule has 0 bridgehead atoms. The third kappa shape index (κ3) is 2.63. The number of aliphatic hydroxyl groups is 1. The van der Waals surface area contributed by atoms with E-state index in [0.717, 1.165) is 0 Å². The number of hydrogen-bond donors (Lipinski definition) is 3. The molecule has 0 heterocycles. The molecule has 82 valence electrons. The molecule has 0 aromatic heterocycles. The molecule has 4 nitrogen and oxygen atoms in total. The van der Waals surface area contributed by atoms with Crippen LogP contribution in [0.4, 0.5) is 8.78 Å². The minimum atomic E-state index is -1.65. The minimum Gasteiger partial charge on any atom is -0.505 e. The van der Waals surface area contributed by atoms with Gasteiger partial charge in [-0.1, -0.05) is 0 Å². The van der Waals surface area contributed by atoms with Gasteiger partial charge in [0.05, 0.1) is 12.5 Å². The maximum atomic E-state index is 12.8. The van der Waals surface area contributed by atoms with Crippen molar-refractivity contribution in [1.82, 2.24) is 0 Å². The van der Waals surface area contributed by atoms with Crippen molar-refractivity contribution in [1.29, 1.82) is 0 Å². The molecule has 0 amide bonds. The number of carbonyl (C=O) groups is 1. The molecule has 0 radical (unpaired) electrons. The van der Waals surface area contributed by atoms with Crippen LogP contribution >= 0.6 is 0 Å². The van der Waals surface area contributed by atoms with Crippen LogP contribution < -0.4 is 0 Å². The van der Waals surface area contributed by atoms with E-state index in [4.69, 9.17) is 10.2 Å². The number of carboxylic acid groups (broad SMARTS) is 1. The summed E-state index contributed by atoms with van der Waals surface area (Å²) in [4.78, 5) is 10.2. The second kappa shape index (κ2) is 4.22. The quantitative estimate of drug-likeness (QED) is 0.711. The number of aliphatic hydroxyl groups excluding tert-OH is 1. The molecule has 0 saturated heterocycles. The minimum absolute atomic E-state index is 0.437. The van der Waals surface area contributed by atoms with E-state index in [2.05, 4.69) is 0 Å². The van der Waals surface area contributed by atoms with Crippen molar-refractivity contribution in [3.63, 3.8) is 0 Å². The molecule has 0 fully saturated rings. The first-order valence-corrected chi connectivity index (χ1v) is 3.99. The van der Waals surface area contributed by atoms with Crippen molar-refractivity contribution in [2.45, 2.75) is 12.5 Å². The van der Waals surface area contributed by atoms with Gasteiger partial charge >= 0.3 is 5.97 Å². The topological polar surface area (TPSA) is 77.8 Å². The van der Waals surface area contributed by atoms with Crippen molar-refractivity contribution in [3.8, 4) is 5.75 Å². The number of aliphatic carboxylic acids is 1. The van der Waals surface area contributed by atoms with E-state index in [1.807, 2.05) is 0 Å². The molecule has 1 atom stereocenters. The molecule has 1 aromatic carbocycles. The van der Waals surface area contributed by atoms with Crippen molar-refractivity contribution in [2.75, 3.05) is 0 Å². The summed E-state index contributed by atoms with van der Waals surface area (Å²) in [7, 11) is 0. The summed E-state index contributed by atoms with van der Waals surface area (Å²) in [5.41, 5.74) is -0.477. The van der Waals surface area contributed by atoms with E-state index in [1.165, 1.54) is 0 Å². The van der Waals surface area contributed by atoms with Crippen molar-refractivity contribution in [2.24, 2.45) is 0 Å². The summed E-state index contributed by atoms with van der Waals surface area (Å²) < 4.78 is 25.5. The zero-order chi connectivity index (χ0) is 11.6. The summed E-state index contributed by atoms with van der Waals surface area (Å²) in [6.45, 7) is 0.